The average molecular weight is 374 g/mol. The Balaban J connectivity index is 1.40. The van der Waals surface area contributed by atoms with Crippen molar-refractivity contribution in [3.05, 3.63) is 78.4 Å². The minimum Gasteiger partial charge on any atom is -0.484 e. The summed E-state index contributed by atoms with van der Waals surface area (Å²) < 4.78 is 8.56. The van der Waals surface area contributed by atoms with Gasteiger partial charge in [-0.15, -0.1) is 0 Å². The van der Waals surface area contributed by atoms with E-state index in [1.54, 1.807) is 12.5 Å². The molecule has 0 spiro atoms. The minimum absolute atomic E-state index is 0.0422. The van der Waals surface area contributed by atoms with Crippen LogP contribution in [0.1, 0.15) is 30.1 Å². The van der Waals surface area contributed by atoms with Crippen LogP contribution in [0, 0.1) is 0 Å². The van der Waals surface area contributed by atoms with Gasteiger partial charge in [0.25, 0.3) is 0 Å². The molecule has 3 aromatic rings. The van der Waals surface area contributed by atoms with Gasteiger partial charge in [0.05, 0.1) is 12.4 Å². The molecule has 5 nitrogen and oxygen atoms in total. The van der Waals surface area contributed by atoms with Crippen LogP contribution in [0.4, 0.5) is 0 Å². The predicted molar refractivity (Wildman–Crippen MR) is 110 cm³/mol. The topological polar surface area (TPSA) is 56.3 Å². The average Bonchev–Trinajstić information content (AvgIpc) is 3.38. The summed E-state index contributed by atoms with van der Waals surface area (Å²) in [6, 6.07) is 17.5. The van der Waals surface area contributed by atoms with Gasteiger partial charge in [-0.25, -0.2) is 4.98 Å². The number of piperidine rings is 1. The first-order valence-electron chi connectivity index (χ1n) is 10.1. The molecule has 2 aliphatic rings. The van der Waals surface area contributed by atoms with E-state index in [1.165, 1.54) is 17.5 Å². The lowest BCUT2D eigenvalue weighted by Gasteiger charge is -2.38. The number of hydrogen-bond donors (Lipinski definition) is 1. The highest BCUT2D eigenvalue weighted by Crippen LogP contribution is 2.38. The molecule has 0 amide bonds. The van der Waals surface area contributed by atoms with Gasteiger partial charge in [-0.05, 0) is 61.2 Å². The largest absolute Gasteiger partial charge is 0.484 e. The summed E-state index contributed by atoms with van der Waals surface area (Å²) in [6.07, 6.45) is 8.89. The number of fused-ring (bicyclic) bond motifs is 1. The smallest absolute Gasteiger partial charge is 0.140 e. The van der Waals surface area contributed by atoms with E-state index in [9.17, 15) is 0 Å². The molecular formula is C23H26N4O. The molecule has 5 heteroatoms. The standard InChI is InChI=1S/C23H26N4O/c24-18-5-3-12-26(15-18)22-14-17-4-1-2-6-21(17)23(22)28-20-9-7-19(8-10-20)27-13-11-25-16-27/h1-2,4,6-11,13,16,18,22-23H,3,5,12,14-15,24H2/t18-,22?,23?/m1/s1. The maximum absolute atomic E-state index is 6.57. The van der Waals surface area contributed by atoms with E-state index in [4.69, 9.17) is 10.5 Å². The molecule has 1 aliphatic heterocycles. The fraction of sp³-hybridized carbons (Fsp3) is 0.348. The summed E-state index contributed by atoms with van der Waals surface area (Å²) in [5, 5.41) is 0. The Hall–Kier alpha value is -2.63. The summed E-state index contributed by atoms with van der Waals surface area (Å²) in [5.41, 5.74) is 10.1. The van der Waals surface area contributed by atoms with Crippen molar-refractivity contribution in [2.24, 2.45) is 5.73 Å². The Morgan fingerprint density at radius 1 is 1.07 bits per heavy atom. The fourth-order valence-corrected chi connectivity index (χ4v) is 4.60. The van der Waals surface area contributed by atoms with Gasteiger partial charge in [0.1, 0.15) is 11.9 Å². The van der Waals surface area contributed by atoms with Crippen molar-refractivity contribution < 1.29 is 4.74 Å². The number of likely N-dealkylation sites (tertiary alicyclic amines) is 1. The summed E-state index contributed by atoms with van der Waals surface area (Å²) >= 11 is 0. The Morgan fingerprint density at radius 2 is 1.93 bits per heavy atom. The Labute approximate surface area is 165 Å². The summed E-state index contributed by atoms with van der Waals surface area (Å²) in [5.74, 6) is 0.900. The molecule has 2 aromatic carbocycles. The van der Waals surface area contributed by atoms with Crippen LogP contribution in [0.25, 0.3) is 5.69 Å². The highest BCUT2D eigenvalue weighted by atomic mass is 16.5. The molecule has 5 rings (SSSR count). The number of rotatable bonds is 4. The third kappa shape index (κ3) is 3.32. The maximum Gasteiger partial charge on any atom is 0.140 e. The zero-order valence-corrected chi connectivity index (χ0v) is 15.9. The Morgan fingerprint density at radius 3 is 2.71 bits per heavy atom. The van der Waals surface area contributed by atoms with Gasteiger partial charge in [-0.3, -0.25) is 4.90 Å². The van der Waals surface area contributed by atoms with Crippen molar-refractivity contribution in [2.45, 2.75) is 37.5 Å². The second kappa shape index (κ2) is 7.41. The number of hydrogen-bond acceptors (Lipinski definition) is 4. The van der Waals surface area contributed by atoms with Crippen LogP contribution in [-0.2, 0) is 6.42 Å². The van der Waals surface area contributed by atoms with Gasteiger partial charge in [0.15, 0.2) is 0 Å². The highest BCUT2D eigenvalue weighted by Gasteiger charge is 2.39. The number of nitrogens with two attached hydrogens (primary N) is 1. The van der Waals surface area contributed by atoms with E-state index in [0.717, 1.165) is 37.4 Å². The fourth-order valence-electron chi connectivity index (χ4n) is 4.60. The highest BCUT2D eigenvalue weighted by molar-refractivity contribution is 5.40. The number of benzene rings is 2. The van der Waals surface area contributed by atoms with Gasteiger partial charge in [0.2, 0.25) is 0 Å². The number of nitrogens with zero attached hydrogens (tertiary/aromatic N) is 3. The van der Waals surface area contributed by atoms with Gasteiger partial charge in [-0.2, -0.15) is 0 Å². The lowest BCUT2D eigenvalue weighted by molar-refractivity contribution is 0.0593. The van der Waals surface area contributed by atoms with Crippen molar-refractivity contribution in [3.8, 4) is 11.4 Å². The predicted octanol–water partition coefficient (Wildman–Crippen LogP) is 3.34. The molecular weight excluding hydrogens is 348 g/mol. The van der Waals surface area contributed by atoms with Crippen LogP contribution in [0.5, 0.6) is 5.75 Å². The molecule has 144 valence electrons. The molecule has 28 heavy (non-hydrogen) atoms. The first-order valence-corrected chi connectivity index (χ1v) is 10.1. The van der Waals surface area contributed by atoms with E-state index >= 15 is 0 Å². The van der Waals surface area contributed by atoms with Crippen LogP contribution >= 0.6 is 0 Å². The van der Waals surface area contributed by atoms with Crippen LogP contribution in [0.15, 0.2) is 67.3 Å². The molecule has 2 heterocycles. The lowest BCUT2D eigenvalue weighted by atomic mass is 10.0. The summed E-state index contributed by atoms with van der Waals surface area (Å²) in [7, 11) is 0. The lowest BCUT2D eigenvalue weighted by Crippen LogP contribution is -2.49. The van der Waals surface area contributed by atoms with E-state index in [-0.39, 0.29) is 12.1 Å². The third-order valence-corrected chi connectivity index (χ3v) is 6.00. The molecule has 0 bridgehead atoms. The molecule has 2 N–H and O–H groups in total. The Kier molecular flexibility index (Phi) is 4.63. The van der Waals surface area contributed by atoms with Crippen LogP contribution in [0.2, 0.25) is 0 Å². The van der Waals surface area contributed by atoms with Crippen molar-refractivity contribution in [1.29, 1.82) is 0 Å². The van der Waals surface area contributed by atoms with Gasteiger partial charge in [0, 0.05) is 30.7 Å². The van der Waals surface area contributed by atoms with Crippen molar-refractivity contribution in [2.75, 3.05) is 13.1 Å². The summed E-state index contributed by atoms with van der Waals surface area (Å²) in [4.78, 5) is 6.65. The second-order valence-electron chi connectivity index (χ2n) is 7.87. The number of aromatic nitrogens is 2. The molecule has 3 atom stereocenters. The first kappa shape index (κ1) is 17.5. The molecule has 0 radical (unpaired) electrons. The van der Waals surface area contributed by atoms with E-state index < -0.39 is 0 Å². The summed E-state index contributed by atoms with van der Waals surface area (Å²) in [6.45, 7) is 2.06. The molecule has 2 unspecified atom stereocenters. The quantitative estimate of drug-likeness (QED) is 0.761. The van der Waals surface area contributed by atoms with Crippen molar-refractivity contribution >= 4 is 0 Å². The minimum atomic E-state index is 0.0422. The van der Waals surface area contributed by atoms with E-state index in [0.29, 0.717) is 6.04 Å². The van der Waals surface area contributed by atoms with E-state index in [2.05, 4.69) is 58.4 Å². The SMILES string of the molecule is N[C@@H]1CCCN(C2Cc3ccccc3C2Oc2ccc(-n3ccnc3)cc2)C1. The van der Waals surface area contributed by atoms with Crippen LogP contribution in [-0.4, -0.2) is 39.6 Å². The van der Waals surface area contributed by atoms with Crippen molar-refractivity contribution in [1.82, 2.24) is 14.5 Å². The molecule has 1 fully saturated rings. The molecule has 1 aromatic heterocycles. The second-order valence-corrected chi connectivity index (χ2v) is 7.87. The maximum atomic E-state index is 6.57. The van der Waals surface area contributed by atoms with Gasteiger partial charge >= 0.3 is 0 Å². The Bertz CT molecular complexity index is 922. The van der Waals surface area contributed by atoms with Crippen LogP contribution in [0.3, 0.4) is 0 Å². The van der Waals surface area contributed by atoms with Crippen molar-refractivity contribution in [3.63, 3.8) is 0 Å². The van der Waals surface area contributed by atoms with Gasteiger partial charge < -0.3 is 15.0 Å². The van der Waals surface area contributed by atoms with E-state index in [1.807, 2.05) is 10.8 Å². The number of imidazole rings is 1. The first-order chi connectivity index (χ1) is 13.8. The zero-order chi connectivity index (χ0) is 18.9. The zero-order valence-electron chi connectivity index (χ0n) is 15.9. The number of ether oxygens (including phenoxy) is 1. The molecule has 1 aliphatic carbocycles. The third-order valence-electron chi connectivity index (χ3n) is 6.00. The normalized spacial score (nSPS) is 24.8. The van der Waals surface area contributed by atoms with Gasteiger partial charge in [-0.1, -0.05) is 24.3 Å². The monoisotopic (exact) mass is 374 g/mol. The van der Waals surface area contributed by atoms with Crippen LogP contribution < -0.4 is 10.5 Å². The molecule has 0 saturated carbocycles. The molecule has 1 saturated heterocycles.